The molecule has 0 bridgehead atoms. The van der Waals surface area contributed by atoms with E-state index in [0.717, 1.165) is 17.7 Å². The number of carbonyl (C=O) groups excluding carboxylic acids is 1. The molecule has 2 aliphatic rings. The maximum atomic E-state index is 12.4. The number of rotatable bonds is 2. The zero-order chi connectivity index (χ0) is 14.8. The van der Waals surface area contributed by atoms with Crippen molar-refractivity contribution in [3.63, 3.8) is 0 Å². The number of oxime groups is 1. The van der Waals surface area contributed by atoms with Crippen molar-refractivity contribution in [2.24, 2.45) is 11.1 Å². The second-order valence-corrected chi connectivity index (χ2v) is 5.82. The van der Waals surface area contributed by atoms with Crippen molar-refractivity contribution >= 4 is 11.6 Å². The highest BCUT2D eigenvalue weighted by Gasteiger charge is 2.35. The van der Waals surface area contributed by atoms with E-state index >= 15 is 0 Å². The maximum absolute atomic E-state index is 12.4. The quantitative estimate of drug-likeness (QED) is 0.895. The summed E-state index contributed by atoms with van der Waals surface area (Å²) in [5.74, 6) is 0.172. The molecule has 1 aromatic rings. The lowest BCUT2D eigenvalue weighted by atomic mass is 9.95. The minimum atomic E-state index is -0.555. The summed E-state index contributed by atoms with van der Waals surface area (Å²) in [6.07, 6.45) is 0.316. The number of hydrogen-bond acceptors (Lipinski definition) is 4. The zero-order valence-electron chi connectivity index (χ0n) is 12.1. The lowest BCUT2D eigenvalue weighted by Gasteiger charge is -2.35. The molecule has 2 heterocycles. The van der Waals surface area contributed by atoms with E-state index in [0.29, 0.717) is 19.5 Å². The summed E-state index contributed by atoms with van der Waals surface area (Å²) in [6, 6.07) is 9.74. The van der Waals surface area contributed by atoms with Crippen molar-refractivity contribution in [3.8, 4) is 0 Å². The summed E-state index contributed by atoms with van der Waals surface area (Å²) in [4.78, 5) is 19.5. The van der Waals surface area contributed by atoms with Crippen LogP contribution in [0.3, 0.4) is 0 Å². The normalized spacial score (nSPS) is 29.0. The molecule has 0 aromatic heterocycles. The third-order valence-electron chi connectivity index (χ3n) is 4.28. The van der Waals surface area contributed by atoms with Crippen LogP contribution in [0.15, 0.2) is 35.5 Å². The minimum Gasteiger partial charge on any atom is -0.391 e. The summed E-state index contributed by atoms with van der Waals surface area (Å²) >= 11 is 0. The molecule has 3 rings (SSSR count). The Labute approximate surface area is 124 Å². The molecule has 0 aliphatic carbocycles. The fourth-order valence-corrected chi connectivity index (χ4v) is 2.76. The van der Waals surface area contributed by atoms with Crippen LogP contribution in [0.1, 0.15) is 25.3 Å². The summed E-state index contributed by atoms with van der Waals surface area (Å²) in [5, 5.41) is 14.0. The third-order valence-corrected chi connectivity index (χ3v) is 4.28. The van der Waals surface area contributed by atoms with Gasteiger partial charge in [0.2, 0.25) is 6.10 Å². The topological polar surface area (TPSA) is 62.1 Å². The fourth-order valence-electron chi connectivity index (χ4n) is 2.76. The summed E-state index contributed by atoms with van der Waals surface area (Å²) < 4.78 is 0. The molecule has 1 amide bonds. The Kier molecular flexibility index (Phi) is 3.92. The molecule has 21 heavy (non-hydrogen) atoms. The molecule has 2 aliphatic heterocycles. The van der Waals surface area contributed by atoms with Crippen molar-refractivity contribution in [1.29, 1.82) is 0 Å². The number of aliphatic hydroxyl groups excluding tert-OH is 1. The molecular formula is C16H20N2O3. The molecular weight excluding hydrogens is 268 g/mol. The van der Waals surface area contributed by atoms with Crippen LogP contribution in [0.25, 0.3) is 0 Å². The van der Waals surface area contributed by atoms with Crippen LogP contribution in [0.2, 0.25) is 0 Å². The molecule has 0 radical (unpaired) electrons. The number of carbonyl (C=O) groups is 1. The molecule has 3 atom stereocenters. The fraction of sp³-hybridized carbons (Fsp3) is 0.500. The zero-order valence-corrected chi connectivity index (χ0v) is 12.1. The maximum Gasteiger partial charge on any atom is 0.266 e. The van der Waals surface area contributed by atoms with Gasteiger partial charge in [-0.15, -0.1) is 0 Å². The molecule has 1 N–H and O–H groups in total. The van der Waals surface area contributed by atoms with Gasteiger partial charge in [-0.25, -0.2) is 0 Å². The van der Waals surface area contributed by atoms with E-state index in [4.69, 9.17) is 4.84 Å². The molecule has 1 fully saturated rings. The van der Waals surface area contributed by atoms with Gasteiger partial charge in [-0.2, -0.15) is 0 Å². The van der Waals surface area contributed by atoms with Gasteiger partial charge in [-0.3, -0.25) is 4.79 Å². The lowest BCUT2D eigenvalue weighted by Crippen LogP contribution is -2.49. The first-order valence-corrected chi connectivity index (χ1v) is 7.40. The van der Waals surface area contributed by atoms with Crippen LogP contribution in [0, 0.1) is 5.92 Å². The van der Waals surface area contributed by atoms with E-state index in [9.17, 15) is 9.90 Å². The second kappa shape index (κ2) is 5.85. The predicted octanol–water partition coefficient (Wildman–Crippen LogP) is 1.41. The van der Waals surface area contributed by atoms with Crippen LogP contribution in [-0.4, -0.2) is 46.9 Å². The Bertz CT molecular complexity index is 544. The molecule has 1 saturated heterocycles. The van der Waals surface area contributed by atoms with Gasteiger partial charge in [0.05, 0.1) is 11.8 Å². The number of likely N-dealkylation sites (tertiary alicyclic amines) is 1. The SMILES string of the molecule is CC1CCN(C(=O)C2CC(c3ccccc3)=NO2)CC1O. The molecule has 5 nitrogen and oxygen atoms in total. The molecule has 0 saturated carbocycles. The number of aliphatic hydroxyl groups is 1. The van der Waals surface area contributed by atoms with E-state index in [2.05, 4.69) is 5.16 Å². The first kappa shape index (κ1) is 14.1. The van der Waals surface area contributed by atoms with Crippen molar-refractivity contribution in [2.75, 3.05) is 13.1 Å². The first-order valence-electron chi connectivity index (χ1n) is 7.40. The van der Waals surface area contributed by atoms with Gasteiger partial charge in [-0.1, -0.05) is 42.4 Å². The third kappa shape index (κ3) is 2.93. The van der Waals surface area contributed by atoms with Gasteiger partial charge < -0.3 is 14.8 Å². The average Bonchev–Trinajstić information content (AvgIpc) is 3.00. The molecule has 5 heteroatoms. The largest absolute Gasteiger partial charge is 0.391 e. The van der Waals surface area contributed by atoms with Gasteiger partial charge in [0.1, 0.15) is 0 Å². The lowest BCUT2D eigenvalue weighted by molar-refractivity contribution is -0.146. The number of hydrogen-bond donors (Lipinski definition) is 1. The van der Waals surface area contributed by atoms with E-state index in [-0.39, 0.29) is 11.8 Å². The number of nitrogens with zero attached hydrogens (tertiary/aromatic N) is 2. The molecule has 3 unspecified atom stereocenters. The molecule has 112 valence electrons. The summed E-state index contributed by atoms with van der Waals surface area (Å²) in [6.45, 7) is 3.08. The van der Waals surface area contributed by atoms with Crippen LogP contribution in [0.5, 0.6) is 0 Å². The van der Waals surface area contributed by atoms with E-state index in [1.807, 2.05) is 37.3 Å². The monoisotopic (exact) mass is 288 g/mol. The highest BCUT2D eigenvalue weighted by Crippen LogP contribution is 2.22. The van der Waals surface area contributed by atoms with Gasteiger partial charge in [-0.05, 0) is 17.9 Å². The Balaban J connectivity index is 1.61. The van der Waals surface area contributed by atoms with Gasteiger partial charge in [0, 0.05) is 19.5 Å². The van der Waals surface area contributed by atoms with Crippen molar-refractivity contribution in [1.82, 2.24) is 4.90 Å². The number of benzene rings is 1. The standard InChI is InChI=1S/C16H20N2O3/c1-11-7-8-18(10-14(11)19)16(20)15-9-13(17-21-15)12-5-3-2-4-6-12/h2-6,11,14-15,19H,7-10H2,1H3. The smallest absolute Gasteiger partial charge is 0.266 e. The van der Waals surface area contributed by atoms with Crippen molar-refractivity contribution in [2.45, 2.75) is 32.0 Å². The Hall–Kier alpha value is -1.88. The summed E-state index contributed by atoms with van der Waals surface area (Å²) in [5.41, 5.74) is 1.79. The predicted molar refractivity (Wildman–Crippen MR) is 78.8 cm³/mol. The first-order chi connectivity index (χ1) is 10.1. The second-order valence-electron chi connectivity index (χ2n) is 5.82. The number of amides is 1. The van der Waals surface area contributed by atoms with Crippen LogP contribution in [0.4, 0.5) is 0 Å². The average molecular weight is 288 g/mol. The highest BCUT2D eigenvalue weighted by atomic mass is 16.6. The van der Waals surface area contributed by atoms with Gasteiger partial charge in [0.25, 0.3) is 5.91 Å². The Morgan fingerprint density at radius 3 is 2.86 bits per heavy atom. The van der Waals surface area contributed by atoms with Crippen LogP contribution >= 0.6 is 0 Å². The van der Waals surface area contributed by atoms with Crippen molar-refractivity contribution in [3.05, 3.63) is 35.9 Å². The molecule has 1 aromatic carbocycles. The molecule has 0 spiro atoms. The Morgan fingerprint density at radius 2 is 2.14 bits per heavy atom. The van der Waals surface area contributed by atoms with Gasteiger partial charge >= 0.3 is 0 Å². The number of β-amino-alcohol motifs (C(OH)–C–C–N with tert-alkyl or cyclic N) is 1. The van der Waals surface area contributed by atoms with Crippen molar-refractivity contribution < 1.29 is 14.7 Å². The summed E-state index contributed by atoms with van der Waals surface area (Å²) in [7, 11) is 0. The minimum absolute atomic E-state index is 0.0735. The van der Waals surface area contributed by atoms with Crippen LogP contribution in [-0.2, 0) is 9.63 Å². The van der Waals surface area contributed by atoms with E-state index < -0.39 is 12.2 Å². The Morgan fingerprint density at radius 1 is 1.38 bits per heavy atom. The van der Waals surface area contributed by atoms with Crippen LogP contribution < -0.4 is 0 Å². The highest BCUT2D eigenvalue weighted by molar-refractivity contribution is 6.04. The number of piperidine rings is 1. The van der Waals surface area contributed by atoms with E-state index in [1.165, 1.54) is 0 Å². The van der Waals surface area contributed by atoms with E-state index in [1.54, 1.807) is 4.90 Å². The van der Waals surface area contributed by atoms with Gasteiger partial charge in [0.15, 0.2) is 0 Å².